The van der Waals surface area contributed by atoms with Crippen LogP contribution in [0, 0.1) is 48.7 Å². The van der Waals surface area contributed by atoms with E-state index in [1.54, 1.807) is 119 Å². The molecule has 18 rings (SSSR count). The van der Waals surface area contributed by atoms with Crippen LogP contribution in [0.3, 0.4) is 0 Å². The summed E-state index contributed by atoms with van der Waals surface area (Å²) in [6.45, 7) is 78.8. The van der Waals surface area contributed by atoms with Gasteiger partial charge in [0, 0.05) is 161 Å². The third kappa shape index (κ3) is 69.3. The van der Waals surface area contributed by atoms with Crippen molar-refractivity contribution in [1.82, 2.24) is 110 Å². The van der Waals surface area contributed by atoms with Gasteiger partial charge in [-0.1, -0.05) is 249 Å². The lowest BCUT2D eigenvalue weighted by Gasteiger charge is -2.05. The van der Waals surface area contributed by atoms with Gasteiger partial charge in [0.25, 0.3) is 0 Å². The first-order valence-corrected chi connectivity index (χ1v) is 42.9. The number of rotatable bonds is 0. The molecule has 0 aromatic carbocycles. The highest BCUT2D eigenvalue weighted by Crippen LogP contribution is 2.14. The molecule has 0 amide bonds. The standard InChI is InChI=1S/4C7H6N2.5C6H5N3.9C5H12/c2*1-3-7-8-4-2-6-9(7)5-1;2*1-2-7-6-8-3-5-9(7)4-1;1-3-9-4-2-8-6(9)5-7-1;1-3-7-5-9-6(1)2-4-8-9;1-3-7-6-2-4-8-9(6)5-1;1-2-8-9-4-3-7-5-6(1)9;1-2-7-6-8-3-5-9(6)4-1;9*1-5(2,3)4/h4*1-6H;5*1-5H;9*1-4H3. The highest BCUT2D eigenvalue weighted by molar-refractivity contribution is 5.46. The van der Waals surface area contributed by atoms with Crippen molar-refractivity contribution in [1.29, 1.82) is 0 Å². The lowest BCUT2D eigenvalue weighted by atomic mass is 10.0. The molecule has 0 N–H and O–H groups in total. The van der Waals surface area contributed by atoms with E-state index in [4.69, 9.17) is 0 Å². The fourth-order valence-electron chi connectivity index (χ4n) is 7.35. The van der Waals surface area contributed by atoms with Crippen molar-refractivity contribution in [3.63, 3.8) is 0 Å². The maximum absolute atomic E-state index is 4.10. The maximum Gasteiger partial charge on any atom is 0.233 e. The van der Waals surface area contributed by atoms with Gasteiger partial charge in [-0.2, -0.15) is 15.3 Å². The van der Waals surface area contributed by atoms with E-state index in [1.807, 2.05) is 223 Å². The molecule has 0 aliphatic rings. The van der Waals surface area contributed by atoms with Crippen LogP contribution in [0.5, 0.6) is 0 Å². The molecule has 0 saturated heterocycles. The molecule has 23 nitrogen and oxygen atoms in total. The quantitative estimate of drug-likeness (QED) is 0.138. The lowest BCUT2D eigenvalue weighted by molar-refractivity contribution is 0.469. The first-order chi connectivity index (χ1) is 58.2. The zero-order valence-corrected chi connectivity index (χ0v) is 83.6. The third-order valence-corrected chi connectivity index (χ3v) is 11.2. The Kier molecular flexibility index (Phi) is 49.7. The number of fused-ring (bicyclic) bond motifs is 9. The summed E-state index contributed by atoms with van der Waals surface area (Å²) in [5, 5.41) is 11.9. The summed E-state index contributed by atoms with van der Waals surface area (Å²) >= 11 is 0. The zero-order valence-electron chi connectivity index (χ0n) is 83.6. The number of imidazole rings is 2. The molecule has 0 aliphatic carbocycles. The molecule has 0 aliphatic heterocycles. The van der Waals surface area contributed by atoms with Gasteiger partial charge in [-0.3, -0.25) is 24.3 Å². The molecular weight excluding hydrogens is 1560 g/mol. The second kappa shape index (κ2) is 56.0. The van der Waals surface area contributed by atoms with Gasteiger partial charge in [0.2, 0.25) is 5.78 Å². The van der Waals surface area contributed by atoms with Gasteiger partial charge in [-0.25, -0.2) is 48.4 Å². The van der Waals surface area contributed by atoms with Crippen molar-refractivity contribution in [2.75, 3.05) is 0 Å². The summed E-state index contributed by atoms with van der Waals surface area (Å²) in [6.07, 6.45) is 60.2. The van der Waals surface area contributed by atoms with Crippen LogP contribution in [-0.2, 0) is 0 Å². The van der Waals surface area contributed by atoms with Crippen molar-refractivity contribution in [3.05, 3.63) is 302 Å². The van der Waals surface area contributed by atoms with E-state index in [0.717, 1.165) is 50.4 Å². The predicted octanol–water partition coefficient (Wildman–Crippen LogP) is 27.5. The van der Waals surface area contributed by atoms with Crippen LogP contribution in [0.1, 0.15) is 249 Å². The first kappa shape index (κ1) is 112. The second-order valence-corrected chi connectivity index (χ2v) is 43.5. The van der Waals surface area contributed by atoms with E-state index in [9.17, 15) is 0 Å². The average Bonchev–Trinajstić information content (AvgIpc) is 1.89. The van der Waals surface area contributed by atoms with Crippen molar-refractivity contribution in [2.24, 2.45) is 48.7 Å². The van der Waals surface area contributed by atoms with Crippen molar-refractivity contribution in [3.8, 4) is 0 Å². The Bertz CT molecular complexity index is 4240. The summed E-state index contributed by atoms with van der Waals surface area (Å²) in [4.78, 5) is 43.9. The summed E-state index contributed by atoms with van der Waals surface area (Å²) in [6, 6.07) is 31.1. The van der Waals surface area contributed by atoms with Gasteiger partial charge in [0.05, 0.1) is 65.4 Å². The van der Waals surface area contributed by atoms with Crippen LogP contribution >= 0.6 is 0 Å². The SMILES string of the molecule is CC(C)(C)C.CC(C)(C)C.CC(C)(C)C.CC(C)(C)C.CC(C)(C)C.CC(C)(C)C.CC(C)(C)C.CC(C)(C)C.CC(C)(C)C.c1cc2ccnn2cn1.c1cc2cnccn2c1.c1cc2cnccn2c1.c1cn2ccnc2cn1.c1cn2nccc2cn1.c1cnc2cccn2c1.c1cnc2cccn2c1.c1cnc2ccnn2c1.c1cnc2nccn2c1. The Labute approximate surface area is 755 Å². The Morgan fingerprint density at radius 2 is 0.460 bits per heavy atom. The van der Waals surface area contributed by atoms with E-state index in [1.165, 1.54) is 0 Å². The molecule has 0 spiro atoms. The van der Waals surface area contributed by atoms with Crippen molar-refractivity contribution < 1.29 is 0 Å². The molecular formula is C103H157N23. The summed E-state index contributed by atoms with van der Waals surface area (Å²) < 4.78 is 17.0. The van der Waals surface area contributed by atoms with Crippen LogP contribution in [0.4, 0.5) is 0 Å². The smallest absolute Gasteiger partial charge is 0.233 e. The van der Waals surface area contributed by atoms with E-state index in [-0.39, 0.29) is 0 Å². The fourth-order valence-corrected chi connectivity index (χ4v) is 7.35. The van der Waals surface area contributed by atoms with Crippen molar-refractivity contribution in [2.45, 2.75) is 249 Å². The average molecular weight is 1720 g/mol. The number of nitrogens with zero attached hydrogens (tertiary/aromatic N) is 23. The van der Waals surface area contributed by atoms with Gasteiger partial charge in [-0.05, 0) is 140 Å². The highest BCUT2D eigenvalue weighted by Gasteiger charge is 2.02. The van der Waals surface area contributed by atoms with Gasteiger partial charge < -0.3 is 22.0 Å². The molecule has 0 unspecified atom stereocenters. The predicted molar refractivity (Wildman–Crippen MR) is 532 cm³/mol. The van der Waals surface area contributed by atoms with Crippen LogP contribution < -0.4 is 0 Å². The normalized spacial score (nSPS) is 10.9. The van der Waals surface area contributed by atoms with Crippen molar-refractivity contribution >= 4 is 50.4 Å². The summed E-state index contributed by atoms with van der Waals surface area (Å²) in [5.74, 6) is 0.748. The Balaban J connectivity index is 0.000000672. The minimum absolute atomic E-state index is 0.500. The van der Waals surface area contributed by atoms with E-state index < -0.39 is 0 Å². The zero-order chi connectivity index (χ0) is 95.4. The van der Waals surface area contributed by atoms with Crippen LogP contribution in [0.15, 0.2) is 302 Å². The van der Waals surface area contributed by atoms with Gasteiger partial charge in [0.1, 0.15) is 17.6 Å². The molecule has 0 atom stereocenters. The minimum atomic E-state index is 0.500. The molecule has 18 heterocycles. The Morgan fingerprint density at radius 1 is 0.175 bits per heavy atom. The largest absolute Gasteiger partial charge is 0.321 e. The molecule has 18 aromatic rings. The molecule has 0 saturated carbocycles. The number of hydrogen-bond donors (Lipinski definition) is 0. The number of hydrogen-bond acceptors (Lipinski definition) is 14. The highest BCUT2D eigenvalue weighted by atomic mass is 15.2. The summed E-state index contributed by atoms with van der Waals surface area (Å²) in [5.41, 5.74) is 12.6. The van der Waals surface area contributed by atoms with Gasteiger partial charge >= 0.3 is 0 Å². The third-order valence-electron chi connectivity index (χ3n) is 11.2. The number of aromatic nitrogens is 23. The summed E-state index contributed by atoms with van der Waals surface area (Å²) in [7, 11) is 0. The van der Waals surface area contributed by atoms with Crippen LogP contribution in [0.2, 0.25) is 0 Å². The van der Waals surface area contributed by atoms with Gasteiger partial charge in [-0.15, -0.1) is 0 Å². The van der Waals surface area contributed by atoms with E-state index in [0.29, 0.717) is 48.7 Å². The van der Waals surface area contributed by atoms with Crippen LogP contribution in [-0.4, -0.2) is 110 Å². The molecule has 0 fully saturated rings. The second-order valence-electron chi connectivity index (χ2n) is 43.5. The topological polar surface area (TPSA) is 220 Å². The maximum atomic E-state index is 4.10. The van der Waals surface area contributed by atoms with E-state index in [2.05, 4.69) is 319 Å². The van der Waals surface area contributed by atoms with Gasteiger partial charge in [0.15, 0.2) is 11.3 Å². The lowest BCUT2D eigenvalue weighted by Crippen LogP contribution is -1.93. The molecule has 684 valence electrons. The molecule has 23 heteroatoms. The fraction of sp³-hybridized carbons (Fsp3) is 0.437. The first-order valence-electron chi connectivity index (χ1n) is 42.9. The minimum Gasteiger partial charge on any atom is -0.321 e. The monoisotopic (exact) mass is 1720 g/mol. The molecule has 18 aromatic heterocycles. The molecule has 126 heavy (non-hydrogen) atoms. The molecule has 0 bridgehead atoms. The van der Waals surface area contributed by atoms with E-state index >= 15 is 0 Å². The van der Waals surface area contributed by atoms with Crippen LogP contribution in [0.25, 0.3) is 50.4 Å². The Hall–Kier alpha value is -12.1. The molecule has 0 radical (unpaired) electrons. The Morgan fingerprint density at radius 3 is 0.865 bits per heavy atom.